The van der Waals surface area contributed by atoms with Gasteiger partial charge in [-0.3, -0.25) is 4.79 Å². The number of piperidine rings is 1. The van der Waals surface area contributed by atoms with Gasteiger partial charge < -0.3 is 15.5 Å². The molecule has 1 fully saturated rings. The maximum atomic E-state index is 13.3. The standard InChI is InChI=1S/C23H24FN5O2S/c1-14-8-9-15(2)19(11-14)26-23(31)29-10-4-5-16(13-29)21-27-28-22(32-21)20(30)25-18-7-3-6-17(24)12-18/h3,6-9,11-12,16H,4-5,10,13H2,1-2H3,(H,25,30)(H,26,31)/t16-/m1/s1. The first kappa shape index (κ1) is 21.9. The highest BCUT2D eigenvalue weighted by atomic mass is 32.1. The summed E-state index contributed by atoms with van der Waals surface area (Å²) in [7, 11) is 0. The van der Waals surface area contributed by atoms with Crippen molar-refractivity contribution in [2.45, 2.75) is 32.6 Å². The van der Waals surface area contributed by atoms with Gasteiger partial charge in [-0.2, -0.15) is 0 Å². The molecule has 1 aliphatic heterocycles. The van der Waals surface area contributed by atoms with Crippen molar-refractivity contribution >= 4 is 34.6 Å². The molecule has 0 saturated carbocycles. The Hall–Kier alpha value is -3.33. The van der Waals surface area contributed by atoms with Crippen molar-refractivity contribution in [2.24, 2.45) is 0 Å². The molecule has 166 valence electrons. The van der Waals surface area contributed by atoms with Crippen LogP contribution in [0, 0.1) is 19.7 Å². The van der Waals surface area contributed by atoms with Gasteiger partial charge in [0.15, 0.2) is 0 Å². The van der Waals surface area contributed by atoms with Crippen LogP contribution in [0.25, 0.3) is 0 Å². The van der Waals surface area contributed by atoms with Crippen LogP contribution in [0.4, 0.5) is 20.6 Å². The summed E-state index contributed by atoms with van der Waals surface area (Å²) in [6, 6.07) is 11.5. The molecular weight excluding hydrogens is 429 g/mol. The Kier molecular flexibility index (Phi) is 6.45. The second-order valence-electron chi connectivity index (χ2n) is 7.94. The second-order valence-corrected chi connectivity index (χ2v) is 8.95. The van der Waals surface area contributed by atoms with E-state index in [-0.39, 0.29) is 17.0 Å². The van der Waals surface area contributed by atoms with Crippen molar-refractivity contribution < 1.29 is 14.0 Å². The van der Waals surface area contributed by atoms with Gasteiger partial charge in [-0.15, -0.1) is 10.2 Å². The van der Waals surface area contributed by atoms with E-state index in [9.17, 15) is 14.0 Å². The number of rotatable bonds is 4. The van der Waals surface area contributed by atoms with Crippen LogP contribution >= 0.6 is 11.3 Å². The zero-order chi connectivity index (χ0) is 22.7. The first-order chi connectivity index (χ1) is 15.4. The Morgan fingerprint density at radius 1 is 1.12 bits per heavy atom. The van der Waals surface area contributed by atoms with Crippen LogP contribution in [0.3, 0.4) is 0 Å². The molecule has 0 aliphatic carbocycles. The van der Waals surface area contributed by atoms with Crippen LogP contribution in [-0.2, 0) is 0 Å². The second kappa shape index (κ2) is 9.44. The molecular formula is C23H24FN5O2S. The van der Waals surface area contributed by atoms with E-state index in [1.807, 2.05) is 32.0 Å². The van der Waals surface area contributed by atoms with Crippen LogP contribution in [-0.4, -0.2) is 40.1 Å². The topological polar surface area (TPSA) is 87.2 Å². The van der Waals surface area contributed by atoms with E-state index in [1.165, 1.54) is 29.5 Å². The van der Waals surface area contributed by atoms with Crippen LogP contribution in [0.5, 0.6) is 0 Å². The number of anilines is 2. The first-order valence-electron chi connectivity index (χ1n) is 10.4. The Balaban J connectivity index is 1.40. The maximum absolute atomic E-state index is 13.3. The molecule has 1 atom stereocenters. The summed E-state index contributed by atoms with van der Waals surface area (Å²) in [5.74, 6) is -0.844. The monoisotopic (exact) mass is 453 g/mol. The van der Waals surface area contributed by atoms with Gasteiger partial charge in [-0.25, -0.2) is 9.18 Å². The molecule has 0 unspecified atom stereocenters. The molecule has 7 nitrogen and oxygen atoms in total. The Morgan fingerprint density at radius 3 is 2.78 bits per heavy atom. The number of benzene rings is 2. The Morgan fingerprint density at radius 2 is 1.97 bits per heavy atom. The number of aryl methyl sites for hydroxylation is 2. The molecule has 4 rings (SSSR count). The fraction of sp³-hybridized carbons (Fsp3) is 0.304. The number of urea groups is 1. The number of hydrogen-bond donors (Lipinski definition) is 2. The molecule has 0 bridgehead atoms. The lowest BCUT2D eigenvalue weighted by molar-refractivity contribution is 0.102. The summed E-state index contributed by atoms with van der Waals surface area (Å²) in [5.41, 5.74) is 3.26. The SMILES string of the molecule is Cc1ccc(C)c(NC(=O)N2CCC[C@@H](c3nnc(C(=O)Nc4cccc(F)c4)s3)C2)c1. The Bertz CT molecular complexity index is 1150. The highest BCUT2D eigenvalue weighted by Gasteiger charge is 2.28. The molecule has 2 N–H and O–H groups in total. The van der Waals surface area contributed by atoms with Crippen LogP contribution in [0.15, 0.2) is 42.5 Å². The van der Waals surface area contributed by atoms with Gasteiger partial charge in [0.1, 0.15) is 10.8 Å². The van der Waals surface area contributed by atoms with Crippen molar-refractivity contribution in [3.8, 4) is 0 Å². The Labute approximate surface area is 189 Å². The number of halogens is 1. The molecule has 1 saturated heterocycles. The predicted octanol–water partition coefficient (Wildman–Crippen LogP) is 4.96. The van der Waals surface area contributed by atoms with Gasteiger partial charge >= 0.3 is 6.03 Å². The molecule has 2 heterocycles. The summed E-state index contributed by atoms with van der Waals surface area (Å²) < 4.78 is 13.3. The van der Waals surface area contributed by atoms with Crippen molar-refractivity contribution in [3.63, 3.8) is 0 Å². The maximum Gasteiger partial charge on any atom is 0.321 e. The number of aromatic nitrogens is 2. The zero-order valence-corrected chi connectivity index (χ0v) is 18.7. The molecule has 1 aromatic heterocycles. The number of likely N-dealkylation sites (tertiary alicyclic amines) is 1. The number of carbonyl (C=O) groups excluding carboxylic acids is 2. The minimum atomic E-state index is -0.431. The van der Waals surface area contributed by atoms with Crippen molar-refractivity contribution in [3.05, 3.63) is 69.4 Å². The van der Waals surface area contributed by atoms with E-state index in [0.717, 1.165) is 34.7 Å². The van der Waals surface area contributed by atoms with Crippen LogP contribution in [0.1, 0.15) is 44.7 Å². The minimum Gasteiger partial charge on any atom is -0.324 e. The summed E-state index contributed by atoms with van der Waals surface area (Å²) in [5, 5.41) is 14.8. The van der Waals surface area contributed by atoms with Crippen LogP contribution in [0.2, 0.25) is 0 Å². The summed E-state index contributed by atoms with van der Waals surface area (Å²) >= 11 is 1.21. The van der Waals surface area contributed by atoms with Crippen molar-refractivity contribution in [1.82, 2.24) is 15.1 Å². The lowest BCUT2D eigenvalue weighted by atomic mass is 9.99. The third-order valence-electron chi connectivity index (χ3n) is 5.41. The van der Waals surface area contributed by atoms with Gasteiger partial charge in [-0.1, -0.05) is 29.5 Å². The summed E-state index contributed by atoms with van der Waals surface area (Å²) in [6.45, 7) is 5.13. The van der Waals surface area contributed by atoms with Crippen molar-refractivity contribution in [1.29, 1.82) is 0 Å². The normalized spacial score (nSPS) is 16.0. The van der Waals surface area contributed by atoms with Gasteiger partial charge in [0, 0.05) is 30.4 Å². The molecule has 3 amide bonds. The average molecular weight is 454 g/mol. The van der Waals surface area contributed by atoms with Crippen LogP contribution < -0.4 is 10.6 Å². The first-order valence-corrected chi connectivity index (χ1v) is 11.2. The highest BCUT2D eigenvalue weighted by Crippen LogP contribution is 2.30. The molecule has 9 heteroatoms. The van der Waals surface area contributed by atoms with E-state index in [4.69, 9.17) is 0 Å². The average Bonchev–Trinajstić information content (AvgIpc) is 3.27. The largest absolute Gasteiger partial charge is 0.324 e. The number of amides is 3. The van der Waals surface area contributed by atoms with Crippen molar-refractivity contribution in [2.75, 3.05) is 23.7 Å². The molecule has 1 aliphatic rings. The minimum absolute atomic E-state index is 0.0151. The molecule has 3 aromatic rings. The van der Waals surface area contributed by atoms with E-state index in [1.54, 1.807) is 11.0 Å². The van der Waals surface area contributed by atoms with E-state index in [2.05, 4.69) is 20.8 Å². The highest BCUT2D eigenvalue weighted by molar-refractivity contribution is 7.13. The fourth-order valence-corrected chi connectivity index (χ4v) is 4.53. The van der Waals surface area contributed by atoms with Gasteiger partial charge in [0.05, 0.1) is 0 Å². The molecule has 32 heavy (non-hydrogen) atoms. The predicted molar refractivity (Wildman–Crippen MR) is 123 cm³/mol. The molecule has 0 spiro atoms. The zero-order valence-electron chi connectivity index (χ0n) is 17.9. The van der Waals surface area contributed by atoms with Gasteiger partial charge in [0.25, 0.3) is 5.91 Å². The quantitative estimate of drug-likeness (QED) is 0.585. The number of nitrogens with one attached hydrogen (secondary N) is 2. The number of hydrogen-bond acceptors (Lipinski definition) is 5. The summed E-state index contributed by atoms with van der Waals surface area (Å²) in [6.07, 6.45) is 1.71. The van der Waals surface area contributed by atoms with E-state index >= 15 is 0 Å². The lowest BCUT2D eigenvalue weighted by Crippen LogP contribution is -2.41. The molecule has 0 radical (unpaired) electrons. The molecule has 2 aromatic carbocycles. The van der Waals surface area contributed by atoms with E-state index in [0.29, 0.717) is 18.8 Å². The third-order valence-corrected chi connectivity index (χ3v) is 6.49. The fourth-order valence-electron chi connectivity index (χ4n) is 3.67. The van der Waals surface area contributed by atoms with Gasteiger partial charge in [-0.05, 0) is 62.1 Å². The van der Waals surface area contributed by atoms with E-state index < -0.39 is 11.7 Å². The smallest absolute Gasteiger partial charge is 0.321 e. The number of nitrogens with zero attached hydrogens (tertiary/aromatic N) is 3. The third kappa shape index (κ3) is 5.11. The lowest BCUT2D eigenvalue weighted by Gasteiger charge is -2.31. The number of carbonyl (C=O) groups is 2. The summed E-state index contributed by atoms with van der Waals surface area (Å²) in [4.78, 5) is 27.1. The van der Waals surface area contributed by atoms with Gasteiger partial charge in [0.2, 0.25) is 5.01 Å².